The maximum atomic E-state index is 5.88. The Labute approximate surface area is 151 Å². The Hall–Kier alpha value is -1.89. The third-order valence-corrected chi connectivity index (χ3v) is 5.30. The van der Waals surface area contributed by atoms with Crippen molar-refractivity contribution in [2.45, 2.75) is 39.0 Å². The second-order valence-corrected chi connectivity index (χ2v) is 7.33. The van der Waals surface area contributed by atoms with Crippen LogP contribution in [0.2, 0.25) is 0 Å². The first-order valence-electron chi connectivity index (χ1n) is 8.64. The lowest BCUT2D eigenvalue weighted by molar-refractivity contribution is 0.0649. The molecule has 4 rings (SSSR count). The van der Waals surface area contributed by atoms with Crippen molar-refractivity contribution in [3.8, 4) is 10.8 Å². The maximum absolute atomic E-state index is 5.88. The Morgan fingerprint density at radius 1 is 1.28 bits per heavy atom. The summed E-state index contributed by atoms with van der Waals surface area (Å²) in [5, 5.41) is 2.04. The van der Waals surface area contributed by atoms with Gasteiger partial charge < -0.3 is 13.6 Å². The Morgan fingerprint density at radius 3 is 2.96 bits per heavy atom. The fourth-order valence-electron chi connectivity index (χ4n) is 3.18. The van der Waals surface area contributed by atoms with Gasteiger partial charge in [0.15, 0.2) is 0 Å². The van der Waals surface area contributed by atoms with E-state index in [0.29, 0.717) is 12.0 Å². The summed E-state index contributed by atoms with van der Waals surface area (Å²) in [4.78, 5) is 8.12. The summed E-state index contributed by atoms with van der Waals surface area (Å²) in [5.41, 5.74) is 0.980. The van der Waals surface area contributed by atoms with Gasteiger partial charge in [0.1, 0.15) is 11.5 Å². The second kappa shape index (κ2) is 7.56. The lowest BCUT2D eigenvalue weighted by Gasteiger charge is -2.23. The van der Waals surface area contributed by atoms with Crippen molar-refractivity contribution in [2.75, 3.05) is 13.2 Å². The number of aromatic nitrogens is 1. The van der Waals surface area contributed by atoms with Gasteiger partial charge in [0.05, 0.1) is 29.5 Å². The minimum absolute atomic E-state index is 0.291. The van der Waals surface area contributed by atoms with Crippen LogP contribution in [0.15, 0.2) is 44.7 Å². The van der Waals surface area contributed by atoms with E-state index in [1.165, 1.54) is 0 Å². The Balaban J connectivity index is 1.50. The molecule has 1 saturated heterocycles. The number of hydrogen-bond acceptors (Lipinski definition) is 6. The Morgan fingerprint density at radius 2 is 2.24 bits per heavy atom. The average molecular weight is 358 g/mol. The minimum atomic E-state index is 0.291. The molecule has 0 N–H and O–H groups in total. The highest BCUT2D eigenvalue weighted by Crippen LogP contribution is 2.27. The molecular weight excluding hydrogens is 336 g/mol. The van der Waals surface area contributed by atoms with E-state index in [2.05, 4.69) is 4.90 Å². The molecule has 6 heteroatoms. The van der Waals surface area contributed by atoms with Crippen LogP contribution in [0, 0.1) is 6.92 Å². The van der Waals surface area contributed by atoms with Crippen molar-refractivity contribution in [1.82, 2.24) is 9.88 Å². The molecule has 3 aromatic rings. The fourth-order valence-corrected chi connectivity index (χ4v) is 3.83. The van der Waals surface area contributed by atoms with Gasteiger partial charge in [-0.1, -0.05) is 6.07 Å². The molecule has 1 aliphatic rings. The van der Waals surface area contributed by atoms with Crippen LogP contribution in [-0.4, -0.2) is 29.1 Å². The average Bonchev–Trinajstić information content (AvgIpc) is 3.36. The van der Waals surface area contributed by atoms with E-state index in [9.17, 15) is 0 Å². The van der Waals surface area contributed by atoms with Crippen LogP contribution in [0.3, 0.4) is 0 Å². The number of ether oxygens (including phenoxy) is 1. The summed E-state index contributed by atoms with van der Waals surface area (Å²) in [6, 6.07) is 7.98. The number of oxazole rings is 1. The van der Waals surface area contributed by atoms with Crippen LogP contribution in [-0.2, 0) is 17.8 Å². The molecule has 0 aromatic carbocycles. The molecule has 0 bridgehead atoms. The van der Waals surface area contributed by atoms with Crippen LogP contribution < -0.4 is 0 Å². The van der Waals surface area contributed by atoms with Gasteiger partial charge >= 0.3 is 0 Å². The first-order valence-corrected chi connectivity index (χ1v) is 9.52. The molecule has 0 saturated carbocycles. The van der Waals surface area contributed by atoms with Gasteiger partial charge in [-0.05, 0) is 43.3 Å². The number of aryl methyl sites for hydroxylation is 1. The molecule has 25 heavy (non-hydrogen) atoms. The molecule has 1 fully saturated rings. The van der Waals surface area contributed by atoms with Gasteiger partial charge in [0.2, 0.25) is 5.89 Å². The highest BCUT2D eigenvalue weighted by atomic mass is 32.1. The third-order valence-electron chi connectivity index (χ3n) is 4.44. The quantitative estimate of drug-likeness (QED) is 0.623. The zero-order valence-electron chi connectivity index (χ0n) is 14.3. The largest absolute Gasteiger partial charge is 0.468 e. The second-order valence-electron chi connectivity index (χ2n) is 6.38. The van der Waals surface area contributed by atoms with Crippen molar-refractivity contribution in [3.63, 3.8) is 0 Å². The van der Waals surface area contributed by atoms with Crippen LogP contribution >= 0.6 is 11.3 Å². The summed E-state index contributed by atoms with van der Waals surface area (Å²) in [7, 11) is 0. The summed E-state index contributed by atoms with van der Waals surface area (Å²) in [6.07, 6.45) is 4.27. The maximum Gasteiger partial charge on any atom is 0.236 e. The summed E-state index contributed by atoms with van der Waals surface area (Å²) in [6.45, 7) is 5.19. The molecular formula is C19H22N2O3S. The van der Waals surface area contributed by atoms with E-state index in [1.807, 2.05) is 36.6 Å². The van der Waals surface area contributed by atoms with Crippen molar-refractivity contribution in [3.05, 3.63) is 53.1 Å². The zero-order chi connectivity index (χ0) is 17.1. The monoisotopic (exact) mass is 358 g/mol. The zero-order valence-corrected chi connectivity index (χ0v) is 15.1. The first-order chi connectivity index (χ1) is 12.3. The standard InChI is InChI=1S/C19H22N2O3S/c1-14-17(20-19(24-14)18-7-4-10-25-18)13-21(11-15-5-2-8-22-15)12-16-6-3-9-23-16/h2,4-5,7-8,10,16H,3,6,9,11-13H2,1H3. The molecule has 0 radical (unpaired) electrons. The van der Waals surface area contributed by atoms with E-state index in [0.717, 1.165) is 61.2 Å². The predicted molar refractivity (Wildman–Crippen MR) is 96.3 cm³/mol. The van der Waals surface area contributed by atoms with E-state index in [1.54, 1.807) is 17.6 Å². The lowest BCUT2D eigenvalue weighted by atomic mass is 10.2. The number of thiophene rings is 1. The molecule has 0 spiro atoms. The molecule has 0 amide bonds. The van der Waals surface area contributed by atoms with Gasteiger partial charge in [-0.3, -0.25) is 4.90 Å². The topological polar surface area (TPSA) is 51.6 Å². The Bertz CT molecular complexity index is 774. The number of furan rings is 1. The highest BCUT2D eigenvalue weighted by molar-refractivity contribution is 7.13. The van der Waals surface area contributed by atoms with Crippen LogP contribution in [0.5, 0.6) is 0 Å². The van der Waals surface area contributed by atoms with Gasteiger partial charge in [-0.25, -0.2) is 4.98 Å². The van der Waals surface area contributed by atoms with Gasteiger partial charge in [0, 0.05) is 19.7 Å². The molecule has 5 nitrogen and oxygen atoms in total. The van der Waals surface area contributed by atoms with E-state index < -0.39 is 0 Å². The van der Waals surface area contributed by atoms with E-state index in [-0.39, 0.29) is 0 Å². The van der Waals surface area contributed by atoms with Crippen LogP contribution in [0.1, 0.15) is 30.1 Å². The molecule has 1 atom stereocenters. The van der Waals surface area contributed by atoms with E-state index in [4.69, 9.17) is 18.6 Å². The van der Waals surface area contributed by atoms with Crippen molar-refractivity contribution in [1.29, 1.82) is 0 Å². The smallest absolute Gasteiger partial charge is 0.236 e. The molecule has 132 valence electrons. The van der Waals surface area contributed by atoms with Crippen LogP contribution in [0.25, 0.3) is 10.8 Å². The molecule has 0 aliphatic carbocycles. The molecule has 1 unspecified atom stereocenters. The lowest BCUT2D eigenvalue weighted by Crippen LogP contribution is -2.31. The number of nitrogens with zero attached hydrogens (tertiary/aromatic N) is 2. The normalized spacial score (nSPS) is 17.6. The molecule has 3 aromatic heterocycles. The summed E-state index contributed by atoms with van der Waals surface area (Å²) >= 11 is 1.64. The summed E-state index contributed by atoms with van der Waals surface area (Å²) in [5.74, 6) is 2.54. The number of hydrogen-bond donors (Lipinski definition) is 0. The predicted octanol–water partition coefficient (Wildman–Crippen LogP) is 4.49. The Kier molecular flexibility index (Phi) is 5.01. The van der Waals surface area contributed by atoms with Gasteiger partial charge in [-0.2, -0.15) is 0 Å². The highest BCUT2D eigenvalue weighted by Gasteiger charge is 2.22. The number of rotatable bonds is 7. The summed E-state index contributed by atoms with van der Waals surface area (Å²) < 4.78 is 17.2. The molecule has 1 aliphatic heterocycles. The first kappa shape index (κ1) is 16.6. The SMILES string of the molecule is Cc1oc(-c2cccs2)nc1CN(Cc1ccco1)CC1CCCO1. The molecule has 4 heterocycles. The van der Waals surface area contributed by atoms with Crippen molar-refractivity contribution < 1.29 is 13.6 Å². The van der Waals surface area contributed by atoms with E-state index >= 15 is 0 Å². The van der Waals surface area contributed by atoms with Gasteiger partial charge in [0.25, 0.3) is 0 Å². The minimum Gasteiger partial charge on any atom is -0.468 e. The third kappa shape index (κ3) is 4.03. The van der Waals surface area contributed by atoms with Crippen molar-refractivity contribution >= 4 is 11.3 Å². The van der Waals surface area contributed by atoms with Crippen molar-refractivity contribution in [2.24, 2.45) is 0 Å². The van der Waals surface area contributed by atoms with Crippen LogP contribution in [0.4, 0.5) is 0 Å². The van der Waals surface area contributed by atoms with Gasteiger partial charge in [-0.15, -0.1) is 11.3 Å². The fraction of sp³-hybridized carbons (Fsp3) is 0.421.